The van der Waals surface area contributed by atoms with Crippen molar-refractivity contribution in [2.24, 2.45) is 5.73 Å². The summed E-state index contributed by atoms with van der Waals surface area (Å²) in [5, 5.41) is 0. The monoisotopic (exact) mass is 440 g/mol. The molecule has 0 radical (unpaired) electrons. The standard InChI is InChI=1S/C24H48N4O3/c1-5-22-17-28(18-23(6-2)31-22)19-24(25,7-9-26-11-13-29-20(3)15-26)8-10-27-12-14-30-21(4)16-27/h20-23H,5-19,25H2,1-4H3. The molecule has 3 rings (SSSR count). The first-order valence-corrected chi connectivity index (χ1v) is 12.7. The van der Waals surface area contributed by atoms with E-state index in [0.717, 1.165) is 97.8 Å². The van der Waals surface area contributed by atoms with E-state index in [1.165, 1.54) is 0 Å². The van der Waals surface area contributed by atoms with Crippen LogP contribution in [-0.2, 0) is 14.2 Å². The fourth-order valence-electron chi connectivity index (χ4n) is 5.27. The summed E-state index contributed by atoms with van der Waals surface area (Å²) in [6.45, 7) is 19.7. The second-order valence-electron chi connectivity index (χ2n) is 10.2. The van der Waals surface area contributed by atoms with Gasteiger partial charge in [-0.15, -0.1) is 0 Å². The maximum Gasteiger partial charge on any atom is 0.0703 e. The summed E-state index contributed by atoms with van der Waals surface area (Å²) >= 11 is 0. The Morgan fingerprint density at radius 2 is 1.26 bits per heavy atom. The maximum atomic E-state index is 7.21. The summed E-state index contributed by atoms with van der Waals surface area (Å²) in [7, 11) is 0. The van der Waals surface area contributed by atoms with Crippen molar-refractivity contribution >= 4 is 0 Å². The maximum absolute atomic E-state index is 7.21. The van der Waals surface area contributed by atoms with Crippen molar-refractivity contribution in [3.8, 4) is 0 Å². The van der Waals surface area contributed by atoms with Gasteiger partial charge >= 0.3 is 0 Å². The first kappa shape index (κ1) is 25.3. The molecule has 4 unspecified atom stereocenters. The second kappa shape index (κ2) is 12.3. The molecule has 7 heteroatoms. The molecule has 0 aliphatic carbocycles. The molecule has 3 aliphatic rings. The lowest BCUT2D eigenvalue weighted by molar-refractivity contribution is -0.0926. The van der Waals surface area contributed by atoms with Crippen LogP contribution in [0.3, 0.4) is 0 Å². The zero-order chi connectivity index (χ0) is 22.3. The predicted molar refractivity (Wildman–Crippen MR) is 126 cm³/mol. The van der Waals surface area contributed by atoms with Crippen molar-refractivity contribution < 1.29 is 14.2 Å². The van der Waals surface area contributed by atoms with Crippen molar-refractivity contribution in [3.05, 3.63) is 0 Å². The average molecular weight is 441 g/mol. The molecule has 0 saturated carbocycles. The summed E-state index contributed by atoms with van der Waals surface area (Å²) in [5.41, 5.74) is 7.02. The first-order chi connectivity index (χ1) is 14.9. The molecule has 2 N–H and O–H groups in total. The van der Waals surface area contributed by atoms with Crippen molar-refractivity contribution in [2.75, 3.05) is 72.1 Å². The van der Waals surface area contributed by atoms with Gasteiger partial charge in [-0.3, -0.25) is 14.7 Å². The minimum atomic E-state index is -0.184. The minimum absolute atomic E-state index is 0.184. The van der Waals surface area contributed by atoms with Gasteiger partial charge in [0.05, 0.1) is 37.6 Å². The highest BCUT2D eigenvalue weighted by atomic mass is 16.5. The Morgan fingerprint density at radius 1 is 0.774 bits per heavy atom. The fourth-order valence-corrected chi connectivity index (χ4v) is 5.27. The Morgan fingerprint density at radius 3 is 1.68 bits per heavy atom. The van der Waals surface area contributed by atoms with Crippen LogP contribution in [0.15, 0.2) is 0 Å². The Hall–Kier alpha value is -0.280. The number of ether oxygens (including phenoxy) is 3. The second-order valence-corrected chi connectivity index (χ2v) is 10.2. The molecule has 3 aliphatic heterocycles. The quantitative estimate of drug-likeness (QED) is 0.556. The van der Waals surface area contributed by atoms with E-state index in [1.807, 2.05) is 0 Å². The highest BCUT2D eigenvalue weighted by Crippen LogP contribution is 2.23. The number of nitrogens with zero attached hydrogens (tertiary/aromatic N) is 3. The predicted octanol–water partition coefficient (Wildman–Crippen LogP) is 1.79. The van der Waals surface area contributed by atoms with Gasteiger partial charge in [-0.1, -0.05) is 13.8 Å². The highest BCUT2D eigenvalue weighted by Gasteiger charge is 2.34. The summed E-state index contributed by atoms with van der Waals surface area (Å²) in [6, 6.07) is 0. The third-order valence-electron chi connectivity index (χ3n) is 7.26. The van der Waals surface area contributed by atoms with E-state index in [9.17, 15) is 0 Å². The van der Waals surface area contributed by atoms with Crippen molar-refractivity contribution in [3.63, 3.8) is 0 Å². The van der Waals surface area contributed by atoms with Crippen LogP contribution >= 0.6 is 0 Å². The molecule has 0 aromatic rings. The summed E-state index contributed by atoms with van der Waals surface area (Å²) in [6.07, 6.45) is 5.53. The highest BCUT2D eigenvalue weighted by molar-refractivity contribution is 4.92. The molecular weight excluding hydrogens is 392 g/mol. The number of hydrogen-bond donors (Lipinski definition) is 1. The third kappa shape index (κ3) is 8.22. The lowest BCUT2D eigenvalue weighted by Crippen LogP contribution is -2.58. The zero-order valence-corrected chi connectivity index (χ0v) is 20.6. The molecule has 0 bridgehead atoms. The van der Waals surface area contributed by atoms with Gasteiger partial charge in [-0.2, -0.15) is 0 Å². The molecule has 0 aromatic carbocycles. The summed E-state index contributed by atoms with van der Waals surface area (Å²) in [4.78, 5) is 7.67. The van der Waals surface area contributed by atoms with Crippen molar-refractivity contribution in [2.45, 2.75) is 83.3 Å². The molecule has 3 saturated heterocycles. The van der Waals surface area contributed by atoms with Crippen LogP contribution in [0.2, 0.25) is 0 Å². The lowest BCUT2D eigenvalue weighted by Gasteiger charge is -2.44. The molecule has 4 atom stereocenters. The Bertz CT molecular complexity index is 485. The van der Waals surface area contributed by atoms with Gasteiger partial charge in [0.15, 0.2) is 0 Å². The van der Waals surface area contributed by atoms with Gasteiger partial charge in [0.1, 0.15) is 0 Å². The molecule has 0 aromatic heterocycles. The van der Waals surface area contributed by atoms with Crippen LogP contribution < -0.4 is 5.73 Å². The number of morpholine rings is 3. The van der Waals surface area contributed by atoms with E-state index in [2.05, 4.69) is 42.4 Å². The van der Waals surface area contributed by atoms with E-state index in [1.54, 1.807) is 0 Å². The van der Waals surface area contributed by atoms with Gasteiger partial charge < -0.3 is 19.9 Å². The molecule has 7 nitrogen and oxygen atoms in total. The van der Waals surface area contributed by atoms with Crippen LogP contribution in [-0.4, -0.2) is 117 Å². The number of hydrogen-bond acceptors (Lipinski definition) is 7. The largest absolute Gasteiger partial charge is 0.376 e. The smallest absolute Gasteiger partial charge is 0.0703 e. The first-order valence-electron chi connectivity index (χ1n) is 12.7. The van der Waals surface area contributed by atoms with Gasteiger partial charge in [-0.25, -0.2) is 0 Å². The van der Waals surface area contributed by atoms with Crippen molar-refractivity contribution in [1.29, 1.82) is 0 Å². The van der Waals surface area contributed by atoms with Crippen LogP contribution in [0.25, 0.3) is 0 Å². The van der Waals surface area contributed by atoms with Crippen LogP contribution in [0, 0.1) is 0 Å². The normalized spacial score (nSPS) is 34.0. The fraction of sp³-hybridized carbons (Fsp3) is 1.00. The topological polar surface area (TPSA) is 63.4 Å². The van der Waals surface area contributed by atoms with Gasteiger partial charge in [0.2, 0.25) is 0 Å². The molecule has 0 amide bonds. The lowest BCUT2D eigenvalue weighted by atomic mass is 9.90. The molecule has 31 heavy (non-hydrogen) atoms. The van der Waals surface area contributed by atoms with Crippen LogP contribution in [0.5, 0.6) is 0 Å². The SMILES string of the molecule is CCC1CN(CC(N)(CCN2CCOC(C)C2)CCN2CCOC(C)C2)CC(CC)O1. The Balaban J connectivity index is 1.60. The van der Waals surface area contributed by atoms with E-state index >= 15 is 0 Å². The molecule has 0 spiro atoms. The van der Waals surface area contributed by atoms with E-state index in [4.69, 9.17) is 19.9 Å². The van der Waals surface area contributed by atoms with E-state index in [0.29, 0.717) is 24.4 Å². The van der Waals surface area contributed by atoms with Gasteiger partial charge in [0, 0.05) is 64.4 Å². The van der Waals surface area contributed by atoms with E-state index in [-0.39, 0.29) is 5.54 Å². The minimum Gasteiger partial charge on any atom is -0.376 e. The van der Waals surface area contributed by atoms with Crippen molar-refractivity contribution in [1.82, 2.24) is 14.7 Å². The van der Waals surface area contributed by atoms with E-state index < -0.39 is 0 Å². The Kier molecular flexibility index (Phi) is 10.0. The van der Waals surface area contributed by atoms with Crippen LogP contribution in [0.1, 0.15) is 53.4 Å². The number of rotatable bonds is 10. The Labute approximate surface area is 190 Å². The number of nitrogens with two attached hydrogens (primary N) is 1. The molecular formula is C24H48N4O3. The average Bonchev–Trinajstić information content (AvgIpc) is 2.76. The van der Waals surface area contributed by atoms with Gasteiger partial charge in [0.25, 0.3) is 0 Å². The van der Waals surface area contributed by atoms with Gasteiger partial charge in [-0.05, 0) is 39.5 Å². The molecule has 3 fully saturated rings. The summed E-state index contributed by atoms with van der Waals surface area (Å²) < 4.78 is 17.7. The molecule has 182 valence electrons. The van der Waals surface area contributed by atoms with Crippen LogP contribution in [0.4, 0.5) is 0 Å². The summed E-state index contributed by atoms with van der Waals surface area (Å²) in [5.74, 6) is 0. The third-order valence-corrected chi connectivity index (χ3v) is 7.26. The molecule has 3 heterocycles. The zero-order valence-electron chi connectivity index (χ0n) is 20.6.